The smallest absolute Gasteiger partial charge is 0.257 e. The van der Waals surface area contributed by atoms with Crippen LogP contribution in [-0.4, -0.2) is 37.3 Å². The zero-order chi connectivity index (χ0) is 16.7. The third-order valence-corrected chi connectivity index (χ3v) is 4.73. The van der Waals surface area contributed by atoms with Crippen molar-refractivity contribution in [3.8, 4) is 5.75 Å². The number of likely N-dealkylation sites (N-methyl/N-ethyl adjacent to an activating group) is 1. The normalized spacial score (nSPS) is 24.2. The number of aliphatic hydroxyl groups excluding tert-OH is 1. The van der Waals surface area contributed by atoms with Crippen LogP contribution < -0.4 is 15.4 Å². The van der Waals surface area contributed by atoms with E-state index >= 15 is 0 Å². The summed E-state index contributed by atoms with van der Waals surface area (Å²) in [6.45, 7) is 3.60. The van der Waals surface area contributed by atoms with Crippen molar-refractivity contribution in [2.75, 3.05) is 20.2 Å². The molecule has 1 saturated carbocycles. The molecule has 3 N–H and O–H groups in total. The molecule has 2 unspecified atom stereocenters. The van der Waals surface area contributed by atoms with Gasteiger partial charge in [0.25, 0.3) is 5.91 Å². The van der Waals surface area contributed by atoms with Crippen molar-refractivity contribution < 1.29 is 14.6 Å². The number of hydrogen-bond donors (Lipinski definition) is 3. The van der Waals surface area contributed by atoms with E-state index in [-0.39, 0.29) is 24.0 Å². The third kappa shape index (κ3) is 4.94. The molecule has 23 heavy (non-hydrogen) atoms. The summed E-state index contributed by atoms with van der Waals surface area (Å²) in [5.41, 5.74) is 0.959. The minimum absolute atomic E-state index is 0.0178. The van der Waals surface area contributed by atoms with Crippen molar-refractivity contribution in [2.45, 2.75) is 45.3 Å². The largest absolute Gasteiger partial charge is 0.483 e. The van der Waals surface area contributed by atoms with Crippen LogP contribution in [-0.2, 0) is 11.3 Å². The highest BCUT2D eigenvalue weighted by Crippen LogP contribution is 2.35. The maximum Gasteiger partial charge on any atom is 0.257 e. The molecule has 2 atom stereocenters. The fourth-order valence-corrected chi connectivity index (χ4v) is 3.08. The Balaban J connectivity index is 1.89. The Morgan fingerprint density at radius 1 is 1.39 bits per heavy atom. The highest BCUT2D eigenvalue weighted by Gasteiger charge is 2.34. The maximum atomic E-state index is 11.3. The van der Waals surface area contributed by atoms with Gasteiger partial charge < -0.3 is 20.5 Å². The maximum absolute atomic E-state index is 11.3. The molecule has 1 aromatic carbocycles. The highest BCUT2D eigenvalue weighted by molar-refractivity contribution is 5.77. The summed E-state index contributed by atoms with van der Waals surface area (Å²) in [7, 11) is 1.59. The molecule has 0 heterocycles. The van der Waals surface area contributed by atoms with E-state index < -0.39 is 0 Å². The average molecular weight is 320 g/mol. The van der Waals surface area contributed by atoms with Crippen molar-refractivity contribution in [1.82, 2.24) is 10.6 Å². The first kappa shape index (κ1) is 17.8. The molecule has 5 nitrogen and oxygen atoms in total. The molecule has 5 heteroatoms. The van der Waals surface area contributed by atoms with Gasteiger partial charge in [0.15, 0.2) is 6.61 Å². The van der Waals surface area contributed by atoms with Crippen LogP contribution in [0.25, 0.3) is 0 Å². The standard InChI is InChI=1S/C18H28N2O3/c1-18(10-6-5-9-16(18)21)13-20-11-14-7-3-4-8-15(14)23-12-17(22)19-2/h3-4,7-8,16,20-21H,5-6,9-13H2,1-2H3,(H,19,22). The first-order valence-electron chi connectivity index (χ1n) is 8.35. The van der Waals surface area contributed by atoms with E-state index in [1.54, 1.807) is 7.05 Å². The number of rotatable bonds is 7. The molecule has 128 valence electrons. The number of carbonyl (C=O) groups is 1. The predicted molar refractivity (Wildman–Crippen MR) is 90.3 cm³/mol. The second-order valence-corrected chi connectivity index (χ2v) is 6.59. The Labute approximate surface area is 138 Å². The van der Waals surface area contributed by atoms with Gasteiger partial charge in [0.1, 0.15) is 5.75 Å². The number of aliphatic hydroxyl groups is 1. The fraction of sp³-hybridized carbons (Fsp3) is 0.611. The van der Waals surface area contributed by atoms with Crippen LogP contribution in [0.3, 0.4) is 0 Å². The molecular weight excluding hydrogens is 292 g/mol. The molecule has 0 aliphatic heterocycles. The number of nitrogens with one attached hydrogen (secondary N) is 2. The van der Waals surface area contributed by atoms with Crippen molar-refractivity contribution in [1.29, 1.82) is 0 Å². The minimum atomic E-state index is -0.233. The van der Waals surface area contributed by atoms with Crippen LogP contribution in [0, 0.1) is 5.41 Å². The Morgan fingerprint density at radius 3 is 2.91 bits per heavy atom. The topological polar surface area (TPSA) is 70.6 Å². The van der Waals surface area contributed by atoms with Gasteiger partial charge in [-0.2, -0.15) is 0 Å². The molecular formula is C18H28N2O3. The third-order valence-electron chi connectivity index (χ3n) is 4.73. The lowest BCUT2D eigenvalue weighted by molar-refractivity contribution is -0.122. The predicted octanol–water partition coefficient (Wildman–Crippen LogP) is 1.84. The first-order valence-corrected chi connectivity index (χ1v) is 8.35. The minimum Gasteiger partial charge on any atom is -0.483 e. The summed E-state index contributed by atoms with van der Waals surface area (Å²) in [6, 6.07) is 7.72. The second-order valence-electron chi connectivity index (χ2n) is 6.59. The van der Waals surface area contributed by atoms with Gasteiger partial charge in [-0.05, 0) is 18.9 Å². The summed E-state index contributed by atoms with van der Waals surface area (Å²) < 4.78 is 5.58. The molecule has 2 rings (SSSR count). The number of amides is 1. The van der Waals surface area contributed by atoms with Crippen LogP contribution in [0.4, 0.5) is 0 Å². The van der Waals surface area contributed by atoms with E-state index in [9.17, 15) is 9.90 Å². The molecule has 0 aromatic heterocycles. The summed E-state index contributed by atoms with van der Waals surface area (Å²) in [6.07, 6.45) is 4.01. The Bertz CT molecular complexity index is 521. The molecule has 0 saturated heterocycles. The van der Waals surface area contributed by atoms with Gasteiger partial charge >= 0.3 is 0 Å². The SMILES string of the molecule is CNC(=O)COc1ccccc1CNCC1(C)CCCCC1O. The summed E-state index contributed by atoms with van der Waals surface area (Å²) in [4.78, 5) is 11.3. The van der Waals surface area contributed by atoms with Gasteiger partial charge in [-0.15, -0.1) is 0 Å². The van der Waals surface area contributed by atoms with Gasteiger partial charge in [0.2, 0.25) is 0 Å². The quantitative estimate of drug-likeness (QED) is 0.717. The van der Waals surface area contributed by atoms with E-state index in [1.165, 1.54) is 6.42 Å². The summed E-state index contributed by atoms with van der Waals surface area (Å²) >= 11 is 0. The van der Waals surface area contributed by atoms with Gasteiger partial charge in [0.05, 0.1) is 6.10 Å². The second kappa shape index (κ2) is 8.31. The number of ether oxygens (including phenoxy) is 1. The molecule has 1 amide bonds. The van der Waals surface area contributed by atoms with Crippen LogP contribution in [0.15, 0.2) is 24.3 Å². The number of para-hydroxylation sites is 1. The zero-order valence-corrected chi connectivity index (χ0v) is 14.1. The Kier molecular flexibility index (Phi) is 6.42. The van der Waals surface area contributed by atoms with Crippen molar-refractivity contribution in [2.24, 2.45) is 5.41 Å². The van der Waals surface area contributed by atoms with Crippen LogP contribution >= 0.6 is 0 Å². The summed E-state index contributed by atoms with van der Waals surface area (Å²) in [5, 5.41) is 16.2. The van der Waals surface area contributed by atoms with Gasteiger partial charge in [-0.25, -0.2) is 0 Å². The van der Waals surface area contributed by atoms with E-state index in [2.05, 4.69) is 17.6 Å². The zero-order valence-electron chi connectivity index (χ0n) is 14.1. The fourth-order valence-electron chi connectivity index (χ4n) is 3.08. The lowest BCUT2D eigenvalue weighted by atomic mass is 9.73. The first-order chi connectivity index (χ1) is 11.0. The van der Waals surface area contributed by atoms with Crippen molar-refractivity contribution in [3.63, 3.8) is 0 Å². The number of carbonyl (C=O) groups excluding carboxylic acids is 1. The van der Waals surface area contributed by atoms with Crippen molar-refractivity contribution >= 4 is 5.91 Å². The van der Waals surface area contributed by atoms with E-state index in [1.807, 2.05) is 24.3 Å². The van der Waals surface area contributed by atoms with Gasteiger partial charge in [0, 0.05) is 31.1 Å². The molecule has 1 aromatic rings. The molecule has 0 bridgehead atoms. The van der Waals surface area contributed by atoms with Crippen molar-refractivity contribution in [3.05, 3.63) is 29.8 Å². The number of benzene rings is 1. The van der Waals surface area contributed by atoms with Crippen LogP contribution in [0.1, 0.15) is 38.2 Å². The highest BCUT2D eigenvalue weighted by atomic mass is 16.5. The van der Waals surface area contributed by atoms with Gasteiger partial charge in [-0.3, -0.25) is 4.79 Å². The Morgan fingerprint density at radius 2 is 2.17 bits per heavy atom. The monoisotopic (exact) mass is 320 g/mol. The van der Waals surface area contributed by atoms with Crippen LogP contribution in [0.5, 0.6) is 5.75 Å². The van der Waals surface area contributed by atoms with E-state index in [4.69, 9.17) is 4.74 Å². The van der Waals surface area contributed by atoms with Crippen LogP contribution in [0.2, 0.25) is 0 Å². The molecule has 0 radical (unpaired) electrons. The summed E-state index contributed by atoms with van der Waals surface area (Å²) in [5.74, 6) is 0.573. The van der Waals surface area contributed by atoms with E-state index in [0.29, 0.717) is 6.54 Å². The average Bonchev–Trinajstić information content (AvgIpc) is 2.56. The lowest BCUT2D eigenvalue weighted by Crippen LogP contribution is -2.43. The Hall–Kier alpha value is -1.59. The van der Waals surface area contributed by atoms with Gasteiger partial charge in [-0.1, -0.05) is 38.0 Å². The molecule has 1 aliphatic rings. The molecule has 1 aliphatic carbocycles. The number of hydrogen-bond acceptors (Lipinski definition) is 4. The molecule has 0 spiro atoms. The van der Waals surface area contributed by atoms with E-state index in [0.717, 1.165) is 37.1 Å². The lowest BCUT2D eigenvalue weighted by Gasteiger charge is -2.38. The molecule has 1 fully saturated rings.